The average molecular weight is 550 g/mol. The number of nitrogens with zero attached hydrogens (tertiary/aromatic N) is 3. The van der Waals surface area contributed by atoms with Gasteiger partial charge in [-0.25, -0.2) is 0 Å². The van der Waals surface area contributed by atoms with Crippen molar-refractivity contribution in [3.63, 3.8) is 0 Å². The van der Waals surface area contributed by atoms with Crippen LogP contribution in [-0.4, -0.2) is 90.4 Å². The molecule has 5 rings (SSSR count). The lowest BCUT2D eigenvalue weighted by Gasteiger charge is -2.60. The Morgan fingerprint density at radius 1 is 1.23 bits per heavy atom. The smallest absolute Gasteiger partial charge is 0.236 e. The summed E-state index contributed by atoms with van der Waals surface area (Å²) in [6, 6.07) is 1.07. The highest BCUT2D eigenvalue weighted by molar-refractivity contribution is 6.25. The summed E-state index contributed by atoms with van der Waals surface area (Å²) >= 11 is 0. The number of piperazine rings is 1. The minimum absolute atomic E-state index is 0.0256. The second kappa shape index (κ2) is 10.0. The fourth-order valence-electron chi connectivity index (χ4n) is 7.17. The molecule has 0 radical (unpaired) electrons. The van der Waals surface area contributed by atoms with E-state index in [1.165, 1.54) is 14.2 Å². The number of aryl methyl sites for hydroxylation is 1. The first-order valence-corrected chi connectivity index (χ1v) is 13.4. The Labute approximate surface area is 233 Å². The lowest BCUT2D eigenvalue weighted by Crippen LogP contribution is -2.71. The molecule has 0 aromatic heterocycles. The summed E-state index contributed by atoms with van der Waals surface area (Å²) < 4.78 is 10.9. The predicted molar refractivity (Wildman–Crippen MR) is 144 cm³/mol. The minimum atomic E-state index is -0.787. The second-order valence-corrected chi connectivity index (χ2v) is 11.1. The van der Waals surface area contributed by atoms with Crippen molar-refractivity contribution in [3.05, 3.63) is 45.2 Å². The molecule has 3 aliphatic heterocycles. The number of aromatic hydroxyl groups is 1. The summed E-state index contributed by atoms with van der Waals surface area (Å²) in [5, 5.41) is 24.8. The van der Waals surface area contributed by atoms with E-state index in [0.29, 0.717) is 23.3 Å². The number of amides is 1. The van der Waals surface area contributed by atoms with Crippen molar-refractivity contribution in [3.8, 4) is 17.6 Å². The van der Waals surface area contributed by atoms with E-state index in [2.05, 4.69) is 16.3 Å². The van der Waals surface area contributed by atoms with Gasteiger partial charge in [-0.1, -0.05) is 6.07 Å². The van der Waals surface area contributed by atoms with Crippen LogP contribution in [0.15, 0.2) is 28.5 Å². The number of phenols is 1. The third kappa shape index (κ3) is 3.85. The van der Waals surface area contributed by atoms with Crippen LogP contribution in [0.25, 0.3) is 0 Å². The quantitative estimate of drug-likeness (QED) is 0.448. The van der Waals surface area contributed by atoms with Gasteiger partial charge >= 0.3 is 0 Å². The van der Waals surface area contributed by atoms with Crippen molar-refractivity contribution >= 4 is 17.5 Å². The van der Waals surface area contributed by atoms with Gasteiger partial charge in [-0.2, -0.15) is 5.26 Å². The number of allylic oxidation sites excluding steroid dienone is 2. The van der Waals surface area contributed by atoms with Gasteiger partial charge in [0.25, 0.3) is 0 Å². The number of ketones is 2. The number of carbonyl (C=O) groups excluding carboxylic acids is 3. The van der Waals surface area contributed by atoms with Gasteiger partial charge in [-0.3, -0.25) is 24.2 Å². The van der Waals surface area contributed by atoms with E-state index in [4.69, 9.17) is 15.2 Å². The number of ether oxygens (including phenoxy) is 2. The Balaban J connectivity index is 1.72. The van der Waals surface area contributed by atoms with Gasteiger partial charge in [0.1, 0.15) is 6.04 Å². The van der Waals surface area contributed by atoms with Crippen LogP contribution in [0.2, 0.25) is 0 Å². The minimum Gasteiger partial charge on any atom is -0.504 e. The Kier molecular flexibility index (Phi) is 6.98. The number of likely N-dealkylation sites (N-methyl/N-ethyl adjacent to an activating group) is 1. The van der Waals surface area contributed by atoms with Gasteiger partial charge < -0.3 is 25.6 Å². The molecule has 2 bridgehead atoms. The Morgan fingerprint density at radius 3 is 2.52 bits per heavy atom. The van der Waals surface area contributed by atoms with Crippen LogP contribution in [0, 0.1) is 18.3 Å². The molecule has 1 aromatic carbocycles. The highest BCUT2D eigenvalue weighted by Gasteiger charge is 2.57. The molecule has 6 atom stereocenters. The Morgan fingerprint density at radius 2 is 1.93 bits per heavy atom. The standard InChI is InChI=1S/C29H35N5O6/c1-12-7-15-8-17-19(10-30)34-18(23(33(17)4)21(15)25(36)27(12)39-5)9-16-22(20(34)11-32-29(38)14(3)31)26(37)28(40-6)13(2)24(16)35/h7,14,17-20,23,36H,8-9,11,31H2,1-6H3,(H,32,38)/t14?,17?,18-,19-,20?,23?/m0/s1. The van der Waals surface area contributed by atoms with E-state index >= 15 is 0 Å². The fraction of sp³-hybridized carbons (Fsp3) is 0.517. The van der Waals surface area contributed by atoms with Gasteiger partial charge in [-0.15, -0.1) is 0 Å². The average Bonchev–Trinajstić information content (AvgIpc) is 2.91. The maximum absolute atomic E-state index is 13.8. The number of rotatable bonds is 5. The number of hydrogen-bond donors (Lipinski definition) is 3. The topological polar surface area (TPSA) is 158 Å². The Bertz CT molecular complexity index is 1420. The molecule has 1 aliphatic carbocycles. The molecule has 1 saturated heterocycles. The molecule has 4 N–H and O–H groups in total. The number of nitrogens with two attached hydrogens (primary N) is 1. The number of fused-ring (bicyclic) bond motifs is 6. The summed E-state index contributed by atoms with van der Waals surface area (Å²) in [6.07, 6.45) is 0.670. The fourth-order valence-corrected chi connectivity index (χ4v) is 7.17. The largest absolute Gasteiger partial charge is 0.504 e. The number of hydrogen-bond acceptors (Lipinski definition) is 10. The monoisotopic (exact) mass is 549 g/mol. The summed E-state index contributed by atoms with van der Waals surface area (Å²) in [4.78, 5) is 44.1. The Hall–Kier alpha value is -3.72. The van der Waals surface area contributed by atoms with Crippen molar-refractivity contribution in [1.82, 2.24) is 15.1 Å². The second-order valence-electron chi connectivity index (χ2n) is 11.1. The summed E-state index contributed by atoms with van der Waals surface area (Å²) in [6.45, 7) is 4.97. The molecule has 4 aliphatic rings. The van der Waals surface area contributed by atoms with E-state index < -0.39 is 41.9 Å². The molecule has 1 aromatic rings. The number of methoxy groups -OCH3 is 2. The van der Waals surface area contributed by atoms with E-state index in [0.717, 1.165) is 11.1 Å². The van der Waals surface area contributed by atoms with Gasteiger partial charge in [0.15, 0.2) is 23.0 Å². The molecular weight excluding hydrogens is 514 g/mol. The molecule has 4 unspecified atom stereocenters. The lowest BCUT2D eigenvalue weighted by molar-refractivity contribution is -0.125. The highest BCUT2D eigenvalue weighted by Crippen LogP contribution is 2.53. The number of nitrogens with one attached hydrogen (secondary N) is 1. The van der Waals surface area contributed by atoms with E-state index in [1.54, 1.807) is 13.8 Å². The molecule has 3 heterocycles. The zero-order chi connectivity index (χ0) is 29.2. The SMILES string of the molecule is COC1=C(C)C(=O)C2=C(C1=O)C(CNC(=O)C(C)N)N1[C@@H](C#N)C3Cc4cc(C)c(OC)c(O)c4C([C@@H]1C2)N3C. The van der Waals surface area contributed by atoms with Gasteiger partial charge in [0.2, 0.25) is 11.7 Å². The summed E-state index contributed by atoms with van der Waals surface area (Å²) in [7, 11) is 4.78. The van der Waals surface area contributed by atoms with Crippen molar-refractivity contribution in [1.29, 1.82) is 5.26 Å². The van der Waals surface area contributed by atoms with Gasteiger partial charge in [-0.05, 0) is 51.8 Å². The first kappa shape index (κ1) is 27.8. The molecular formula is C29H35N5O6. The molecule has 1 fully saturated rings. The third-order valence-corrected chi connectivity index (χ3v) is 8.95. The maximum Gasteiger partial charge on any atom is 0.236 e. The van der Waals surface area contributed by atoms with Crippen molar-refractivity contribution in [2.45, 2.75) is 69.9 Å². The van der Waals surface area contributed by atoms with Crippen molar-refractivity contribution < 1.29 is 29.0 Å². The molecule has 11 nitrogen and oxygen atoms in total. The van der Waals surface area contributed by atoms with Crippen LogP contribution >= 0.6 is 0 Å². The predicted octanol–water partition coefficient (Wildman–Crippen LogP) is 0.788. The third-order valence-electron chi connectivity index (χ3n) is 8.95. The van der Waals surface area contributed by atoms with Crippen LogP contribution < -0.4 is 15.8 Å². The zero-order valence-corrected chi connectivity index (χ0v) is 23.6. The first-order valence-electron chi connectivity index (χ1n) is 13.4. The number of Topliss-reactive ketones (excluding diaryl/α,β-unsaturated/α-hetero) is 2. The van der Waals surface area contributed by atoms with Crippen LogP contribution in [0.4, 0.5) is 0 Å². The first-order chi connectivity index (χ1) is 19.0. The van der Waals surface area contributed by atoms with Crippen LogP contribution in [0.1, 0.15) is 43.0 Å². The number of carbonyl (C=O) groups is 3. The molecule has 11 heteroatoms. The molecule has 0 spiro atoms. The molecule has 1 amide bonds. The number of nitriles is 1. The van der Waals surface area contributed by atoms with E-state index in [9.17, 15) is 24.8 Å². The molecule has 40 heavy (non-hydrogen) atoms. The van der Waals surface area contributed by atoms with E-state index in [-0.39, 0.29) is 47.4 Å². The zero-order valence-electron chi connectivity index (χ0n) is 23.6. The summed E-state index contributed by atoms with van der Waals surface area (Å²) in [5.74, 6) is -0.749. The highest BCUT2D eigenvalue weighted by atomic mass is 16.5. The van der Waals surface area contributed by atoms with E-state index in [1.807, 2.05) is 24.9 Å². The van der Waals surface area contributed by atoms with Gasteiger partial charge in [0, 0.05) is 40.9 Å². The van der Waals surface area contributed by atoms with Crippen LogP contribution in [0.5, 0.6) is 11.5 Å². The van der Waals surface area contributed by atoms with Crippen molar-refractivity contribution in [2.24, 2.45) is 5.73 Å². The van der Waals surface area contributed by atoms with Crippen LogP contribution in [-0.2, 0) is 25.5 Å². The normalized spacial score (nSPS) is 28.8. The number of benzene rings is 1. The maximum atomic E-state index is 13.8. The lowest BCUT2D eigenvalue weighted by atomic mass is 9.69. The van der Waals surface area contributed by atoms with Crippen LogP contribution in [0.3, 0.4) is 0 Å². The number of phenolic OH excluding ortho intramolecular Hbond substituents is 1. The van der Waals surface area contributed by atoms with Crippen molar-refractivity contribution in [2.75, 3.05) is 27.8 Å². The molecule has 212 valence electrons. The van der Waals surface area contributed by atoms with Gasteiger partial charge in [0.05, 0.1) is 38.4 Å². The summed E-state index contributed by atoms with van der Waals surface area (Å²) in [5.41, 5.74) is 9.01. The molecule has 0 saturated carbocycles.